The molecule has 3 rings (SSSR count). The van der Waals surface area contributed by atoms with Crippen LogP contribution in [-0.4, -0.2) is 24.2 Å². The fraction of sp³-hybridized carbons (Fsp3) is 0.167. The first-order valence-electron chi connectivity index (χ1n) is 10.5. The van der Waals surface area contributed by atoms with Crippen LogP contribution in [0.4, 0.5) is 58.4 Å². The Balaban J connectivity index is 2.40. The highest BCUT2D eigenvalue weighted by Crippen LogP contribution is 2.55. The van der Waals surface area contributed by atoms with Crippen molar-refractivity contribution in [3.8, 4) is 11.1 Å². The van der Waals surface area contributed by atoms with Crippen LogP contribution < -0.4 is 11.1 Å². The largest absolute Gasteiger partial charge is 0.435 e. The maximum atomic E-state index is 15.3. The van der Waals surface area contributed by atoms with E-state index in [9.17, 15) is 57.9 Å². The molecule has 3 aromatic rings. The number of anilines is 1. The third-order valence-electron chi connectivity index (χ3n) is 5.58. The summed E-state index contributed by atoms with van der Waals surface area (Å²) in [6.07, 6.45) is -19.3. The van der Waals surface area contributed by atoms with Crippen molar-refractivity contribution in [2.75, 3.05) is 5.32 Å². The van der Waals surface area contributed by atoms with Gasteiger partial charge in [-0.1, -0.05) is 28.1 Å². The number of benzene rings is 3. The summed E-state index contributed by atoms with van der Waals surface area (Å²) in [4.78, 5) is 24.3. The summed E-state index contributed by atoms with van der Waals surface area (Å²) >= 11 is 2.40. The summed E-state index contributed by atoms with van der Waals surface area (Å²) in [7, 11) is 0. The van der Waals surface area contributed by atoms with E-state index in [-0.39, 0.29) is 6.07 Å². The molecule has 3 aromatic carbocycles. The van der Waals surface area contributed by atoms with Crippen LogP contribution >= 0.6 is 15.9 Å². The molecule has 0 radical (unpaired) electrons. The smallest absolute Gasteiger partial charge is 0.366 e. The SMILES string of the molecule is NC(=O)c1ccc(-c2c(Br)cc(C(F)(C(F)(F)F)C(F)(F)F)cc2C(F)(F)F)c(NC(=O)c2cccc(F)c2)c1F. The normalized spacial score (nSPS) is 12.8. The summed E-state index contributed by atoms with van der Waals surface area (Å²) in [6, 6.07) is 3.62. The molecule has 0 fully saturated rings. The number of hydrogen-bond donors (Lipinski definition) is 2. The van der Waals surface area contributed by atoms with Crippen LogP contribution in [0, 0.1) is 11.6 Å². The molecule has 0 aromatic heterocycles. The van der Waals surface area contributed by atoms with Gasteiger partial charge in [-0.25, -0.2) is 13.2 Å². The lowest BCUT2D eigenvalue weighted by Gasteiger charge is -2.31. The van der Waals surface area contributed by atoms with E-state index in [1.807, 2.05) is 0 Å². The maximum absolute atomic E-state index is 15.3. The lowest BCUT2D eigenvalue weighted by molar-refractivity contribution is -0.348. The van der Waals surface area contributed by atoms with Gasteiger partial charge in [0.25, 0.3) is 11.8 Å². The summed E-state index contributed by atoms with van der Waals surface area (Å²) in [5.41, 5.74) is -11.2. The molecule has 0 aliphatic carbocycles. The third kappa shape index (κ3) is 5.85. The van der Waals surface area contributed by atoms with E-state index in [0.717, 1.165) is 18.2 Å². The topological polar surface area (TPSA) is 72.2 Å². The number of nitrogens with two attached hydrogens (primary N) is 1. The van der Waals surface area contributed by atoms with Gasteiger partial charge in [0.1, 0.15) is 5.82 Å². The summed E-state index contributed by atoms with van der Waals surface area (Å²) < 4.78 is 164. The molecular weight excluding hydrogens is 656 g/mol. The van der Waals surface area contributed by atoms with Gasteiger partial charge in [0.05, 0.1) is 16.8 Å². The molecule has 0 aliphatic rings. The van der Waals surface area contributed by atoms with Crippen LogP contribution in [0.3, 0.4) is 0 Å². The number of rotatable bonds is 5. The number of carbonyl (C=O) groups is 2. The van der Waals surface area contributed by atoms with Gasteiger partial charge in [0, 0.05) is 26.7 Å². The second-order valence-corrected chi connectivity index (χ2v) is 9.07. The minimum atomic E-state index is -6.77. The van der Waals surface area contributed by atoms with Crippen molar-refractivity contribution < 1.29 is 62.3 Å². The Morgan fingerprint density at radius 1 is 0.805 bits per heavy atom. The van der Waals surface area contributed by atoms with Gasteiger partial charge >= 0.3 is 24.2 Å². The predicted molar refractivity (Wildman–Crippen MR) is 122 cm³/mol. The zero-order valence-electron chi connectivity index (χ0n) is 19.4. The minimum absolute atomic E-state index is 0.246. The van der Waals surface area contributed by atoms with Gasteiger partial charge < -0.3 is 11.1 Å². The third-order valence-corrected chi connectivity index (χ3v) is 6.20. The Bertz CT molecular complexity index is 1520. The molecule has 0 bridgehead atoms. The monoisotopic (exact) mass is 666 g/mol. The van der Waals surface area contributed by atoms with E-state index in [2.05, 4.69) is 15.9 Å². The maximum Gasteiger partial charge on any atom is 0.435 e. The molecule has 0 spiro atoms. The highest BCUT2D eigenvalue weighted by molar-refractivity contribution is 9.10. The highest BCUT2D eigenvalue weighted by atomic mass is 79.9. The zero-order chi connectivity index (χ0) is 31.3. The molecule has 0 unspecified atom stereocenters. The van der Waals surface area contributed by atoms with Crippen LogP contribution in [0.15, 0.2) is 53.0 Å². The standard InChI is InChI=1S/C24H11BrF12N2O2/c25-15-8-10(21(28,23(32,33)34)24(35,36)37)7-14(22(29,30)31)16(15)12-4-5-13(19(38)40)17(27)18(12)39-20(41)9-2-1-3-11(26)6-9/h1-8H,(H2,38,40)(H,39,41). The van der Waals surface area contributed by atoms with Gasteiger partial charge in [-0.3, -0.25) is 9.59 Å². The minimum Gasteiger partial charge on any atom is -0.366 e. The van der Waals surface area contributed by atoms with Crippen LogP contribution in [0.2, 0.25) is 0 Å². The van der Waals surface area contributed by atoms with Crippen LogP contribution in [0.1, 0.15) is 31.8 Å². The number of alkyl halides is 10. The van der Waals surface area contributed by atoms with Crippen molar-refractivity contribution in [1.29, 1.82) is 0 Å². The van der Waals surface area contributed by atoms with E-state index in [0.29, 0.717) is 18.2 Å². The molecule has 3 N–H and O–H groups in total. The quantitative estimate of drug-likeness (QED) is 0.271. The Labute approximate surface area is 229 Å². The number of primary amides is 1. The summed E-state index contributed by atoms with van der Waals surface area (Å²) in [5, 5.41) is 1.80. The zero-order valence-corrected chi connectivity index (χ0v) is 21.0. The second-order valence-electron chi connectivity index (χ2n) is 8.21. The first-order valence-corrected chi connectivity index (χ1v) is 11.3. The fourth-order valence-electron chi connectivity index (χ4n) is 3.70. The van der Waals surface area contributed by atoms with E-state index in [4.69, 9.17) is 5.73 Å². The molecular formula is C24H11BrF12N2O2. The molecule has 0 heterocycles. The molecule has 2 amide bonds. The molecule has 0 atom stereocenters. The molecule has 41 heavy (non-hydrogen) atoms. The van der Waals surface area contributed by atoms with Crippen LogP contribution in [-0.2, 0) is 11.8 Å². The van der Waals surface area contributed by atoms with E-state index >= 15 is 4.39 Å². The molecule has 0 saturated carbocycles. The number of amides is 2. The predicted octanol–water partition coefficient (Wildman–Crippen LogP) is 8.05. The van der Waals surface area contributed by atoms with Crippen molar-refractivity contribution in [1.82, 2.24) is 0 Å². The van der Waals surface area contributed by atoms with Crippen LogP contribution in [0.5, 0.6) is 0 Å². The Morgan fingerprint density at radius 2 is 1.39 bits per heavy atom. The first-order chi connectivity index (χ1) is 18.6. The van der Waals surface area contributed by atoms with E-state index < -0.39 is 97.3 Å². The van der Waals surface area contributed by atoms with Crippen molar-refractivity contribution in [2.45, 2.75) is 24.2 Å². The van der Waals surface area contributed by atoms with Crippen molar-refractivity contribution in [3.05, 3.63) is 86.9 Å². The van der Waals surface area contributed by atoms with Gasteiger partial charge in [-0.15, -0.1) is 0 Å². The summed E-state index contributed by atoms with van der Waals surface area (Å²) in [6.45, 7) is 0. The summed E-state index contributed by atoms with van der Waals surface area (Å²) in [5.74, 6) is -5.57. The second kappa shape index (κ2) is 10.6. The lowest BCUT2D eigenvalue weighted by atomic mass is 9.88. The number of carbonyl (C=O) groups excluding carboxylic acids is 2. The molecule has 220 valence electrons. The van der Waals surface area contributed by atoms with E-state index in [1.165, 1.54) is 0 Å². The fourth-order valence-corrected chi connectivity index (χ4v) is 4.38. The van der Waals surface area contributed by atoms with E-state index in [1.54, 1.807) is 5.32 Å². The Hall–Kier alpha value is -3.76. The molecule has 17 heteroatoms. The lowest BCUT2D eigenvalue weighted by Crippen LogP contribution is -2.50. The highest BCUT2D eigenvalue weighted by Gasteiger charge is 2.73. The number of hydrogen-bond acceptors (Lipinski definition) is 2. The molecule has 4 nitrogen and oxygen atoms in total. The van der Waals surface area contributed by atoms with Crippen molar-refractivity contribution in [3.63, 3.8) is 0 Å². The Morgan fingerprint density at radius 3 is 1.88 bits per heavy atom. The van der Waals surface area contributed by atoms with Gasteiger partial charge in [0.2, 0.25) is 0 Å². The van der Waals surface area contributed by atoms with Gasteiger partial charge in [-0.05, 0) is 36.4 Å². The average molecular weight is 667 g/mol. The average Bonchev–Trinajstić information content (AvgIpc) is 2.82. The number of halogens is 13. The molecule has 0 saturated heterocycles. The first kappa shape index (κ1) is 31.8. The van der Waals surface area contributed by atoms with Gasteiger partial charge in [0.15, 0.2) is 5.82 Å². The Kier molecular flexibility index (Phi) is 8.19. The van der Waals surface area contributed by atoms with Gasteiger partial charge in [-0.2, -0.15) is 39.5 Å². The van der Waals surface area contributed by atoms with Crippen molar-refractivity contribution in [2.24, 2.45) is 5.73 Å². The molecule has 0 aliphatic heterocycles. The van der Waals surface area contributed by atoms with Crippen molar-refractivity contribution >= 4 is 33.4 Å². The van der Waals surface area contributed by atoms with Crippen LogP contribution in [0.25, 0.3) is 11.1 Å². The number of nitrogens with one attached hydrogen (secondary N) is 1.